The van der Waals surface area contributed by atoms with Gasteiger partial charge in [0.15, 0.2) is 0 Å². The number of nitrogens with one attached hydrogen (secondary N) is 1. The molecule has 0 saturated carbocycles. The normalized spacial score (nSPS) is 10.6. The molecule has 0 aliphatic rings. The molecule has 7 heteroatoms. The van der Waals surface area contributed by atoms with Crippen molar-refractivity contribution < 1.29 is 9.45 Å². The van der Waals surface area contributed by atoms with Crippen LogP contribution in [0.15, 0.2) is 47.4 Å². The van der Waals surface area contributed by atoms with Crippen LogP contribution in [0, 0.1) is 10.1 Å². The van der Waals surface area contributed by atoms with Crippen LogP contribution in [0.1, 0.15) is 5.69 Å². The molecule has 0 aliphatic heterocycles. The Morgan fingerprint density at radius 1 is 1.25 bits per heavy atom. The van der Waals surface area contributed by atoms with Crippen LogP contribution in [0.2, 0.25) is 0 Å². The Morgan fingerprint density at radius 2 is 2.15 bits per heavy atom. The zero-order valence-corrected chi connectivity index (χ0v) is 10.3. The molecule has 0 radical (unpaired) electrons. The molecular formula is C13H10N4O3. The lowest BCUT2D eigenvalue weighted by atomic mass is 10.1. The second-order valence-corrected chi connectivity index (χ2v) is 4.15. The number of rotatable bonds is 4. The number of nitro groups is 1. The third-order valence-corrected chi connectivity index (χ3v) is 2.94. The van der Waals surface area contributed by atoms with E-state index in [1.54, 1.807) is 24.4 Å². The molecule has 1 N–H and O–H groups in total. The van der Waals surface area contributed by atoms with Gasteiger partial charge in [-0.05, 0) is 12.1 Å². The minimum Gasteiger partial charge on any atom is -0.379 e. The molecule has 3 rings (SSSR count). The summed E-state index contributed by atoms with van der Waals surface area (Å²) < 4.78 is 4.75. The lowest BCUT2D eigenvalue weighted by Crippen LogP contribution is -2.01. The lowest BCUT2D eigenvalue weighted by Gasteiger charge is -2.08. The number of benzene rings is 1. The van der Waals surface area contributed by atoms with Crippen molar-refractivity contribution in [1.82, 2.24) is 10.1 Å². The van der Waals surface area contributed by atoms with Crippen LogP contribution < -0.4 is 5.32 Å². The number of aromatic nitrogens is 2. The van der Waals surface area contributed by atoms with E-state index >= 15 is 0 Å². The van der Waals surface area contributed by atoms with Crippen LogP contribution >= 0.6 is 0 Å². The monoisotopic (exact) mass is 270 g/mol. The molecule has 0 spiro atoms. The third-order valence-electron chi connectivity index (χ3n) is 2.94. The summed E-state index contributed by atoms with van der Waals surface area (Å²) in [5.74, 6) is 0. The van der Waals surface area contributed by atoms with Crippen molar-refractivity contribution in [3.8, 4) is 0 Å². The Morgan fingerprint density at radius 3 is 2.90 bits per heavy atom. The van der Waals surface area contributed by atoms with Crippen molar-refractivity contribution in [3.63, 3.8) is 0 Å². The highest BCUT2D eigenvalue weighted by Gasteiger charge is 2.14. The highest BCUT2D eigenvalue weighted by molar-refractivity contribution is 5.99. The molecule has 0 bridgehead atoms. The molecule has 2 heterocycles. The smallest absolute Gasteiger partial charge is 0.278 e. The van der Waals surface area contributed by atoms with E-state index in [1.807, 2.05) is 0 Å². The number of hydrogen-bond acceptors (Lipinski definition) is 6. The van der Waals surface area contributed by atoms with Gasteiger partial charge in [-0.25, -0.2) is 0 Å². The summed E-state index contributed by atoms with van der Waals surface area (Å²) in [5.41, 5.74) is 1.58. The van der Waals surface area contributed by atoms with Crippen molar-refractivity contribution >= 4 is 22.1 Å². The molecule has 0 aliphatic carbocycles. The highest BCUT2D eigenvalue weighted by Crippen LogP contribution is 2.30. The van der Waals surface area contributed by atoms with Gasteiger partial charge in [0.2, 0.25) is 0 Å². The maximum absolute atomic E-state index is 11.0. The predicted octanol–water partition coefficient (Wildman–Crippen LogP) is 2.74. The second-order valence-electron chi connectivity index (χ2n) is 4.15. The summed E-state index contributed by atoms with van der Waals surface area (Å²) in [6.45, 7) is 0.478. The Hall–Kier alpha value is -2.96. The molecule has 0 saturated heterocycles. The maximum atomic E-state index is 11.0. The summed E-state index contributed by atoms with van der Waals surface area (Å²) in [4.78, 5) is 14.5. The van der Waals surface area contributed by atoms with E-state index in [2.05, 4.69) is 15.5 Å². The van der Waals surface area contributed by atoms with Gasteiger partial charge < -0.3 is 9.84 Å². The number of pyridine rings is 1. The fourth-order valence-electron chi connectivity index (χ4n) is 2.00. The summed E-state index contributed by atoms with van der Waals surface area (Å²) >= 11 is 0. The van der Waals surface area contributed by atoms with E-state index in [0.29, 0.717) is 11.9 Å². The van der Waals surface area contributed by atoms with Gasteiger partial charge in [-0.15, -0.1) is 0 Å². The fourth-order valence-corrected chi connectivity index (χ4v) is 2.00. The number of nitrogens with zero attached hydrogens (tertiary/aromatic N) is 3. The van der Waals surface area contributed by atoms with E-state index in [-0.39, 0.29) is 5.69 Å². The van der Waals surface area contributed by atoms with Crippen molar-refractivity contribution in [2.75, 3.05) is 5.32 Å². The Bertz CT molecular complexity index is 755. The van der Waals surface area contributed by atoms with Crippen molar-refractivity contribution in [2.45, 2.75) is 6.54 Å². The average Bonchev–Trinajstić information content (AvgIpc) is 2.97. The molecular weight excluding hydrogens is 260 g/mol. The summed E-state index contributed by atoms with van der Waals surface area (Å²) in [5, 5.41) is 19.2. The molecule has 20 heavy (non-hydrogen) atoms. The van der Waals surface area contributed by atoms with E-state index in [1.165, 1.54) is 18.5 Å². The molecule has 0 atom stereocenters. The summed E-state index contributed by atoms with van der Waals surface area (Å²) in [7, 11) is 0. The van der Waals surface area contributed by atoms with Crippen LogP contribution in [0.25, 0.3) is 10.8 Å². The number of fused-ring (bicyclic) bond motifs is 1. The lowest BCUT2D eigenvalue weighted by molar-refractivity contribution is -0.383. The quantitative estimate of drug-likeness (QED) is 0.578. The second kappa shape index (κ2) is 4.96. The Kier molecular flexibility index (Phi) is 3.00. The van der Waals surface area contributed by atoms with E-state index < -0.39 is 4.92 Å². The first-order valence-electron chi connectivity index (χ1n) is 5.90. The molecule has 7 nitrogen and oxygen atoms in total. The number of non-ortho nitro benzene ring substituents is 1. The van der Waals surface area contributed by atoms with Crippen molar-refractivity contribution in [1.29, 1.82) is 0 Å². The molecule has 0 amide bonds. The Labute approximate surface area is 113 Å². The highest BCUT2D eigenvalue weighted by atomic mass is 16.6. The van der Waals surface area contributed by atoms with Gasteiger partial charge in [0.05, 0.1) is 16.9 Å². The molecule has 0 fully saturated rings. The molecule has 3 aromatic rings. The molecule has 100 valence electrons. The van der Waals surface area contributed by atoms with Gasteiger partial charge >= 0.3 is 0 Å². The van der Waals surface area contributed by atoms with Crippen molar-refractivity contribution in [3.05, 3.63) is 58.7 Å². The average molecular weight is 270 g/mol. The largest absolute Gasteiger partial charge is 0.379 e. The van der Waals surface area contributed by atoms with Crippen LogP contribution in [-0.4, -0.2) is 15.1 Å². The van der Waals surface area contributed by atoms with Crippen LogP contribution in [0.4, 0.5) is 11.4 Å². The minimum absolute atomic E-state index is 0.0417. The van der Waals surface area contributed by atoms with Gasteiger partial charge in [0, 0.05) is 35.6 Å². The van der Waals surface area contributed by atoms with Crippen molar-refractivity contribution in [2.24, 2.45) is 0 Å². The van der Waals surface area contributed by atoms with Crippen LogP contribution in [-0.2, 0) is 6.54 Å². The zero-order chi connectivity index (χ0) is 13.9. The minimum atomic E-state index is -0.411. The predicted molar refractivity (Wildman–Crippen MR) is 72.2 cm³/mol. The van der Waals surface area contributed by atoms with E-state index in [0.717, 1.165) is 16.8 Å². The number of nitro benzene ring substituents is 1. The Balaban J connectivity index is 1.99. The maximum Gasteiger partial charge on any atom is 0.278 e. The van der Waals surface area contributed by atoms with Gasteiger partial charge in [0.25, 0.3) is 5.69 Å². The van der Waals surface area contributed by atoms with Gasteiger partial charge in [-0.3, -0.25) is 15.1 Å². The third kappa shape index (κ3) is 2.16. The van der Waals surface area contributed by atoms with Gasteiger partial charge in [-0.1, -0.05) is 5.16 Å². The number of hydrogen-bond donors (Lipinski definition) is 1. The topological polar surface area (TPSA) is 94.1 Å². The standard InChI is InChI=1S/C13H10N4O3/c18-17(19)13-2-1-12(10-3-5-14-8-11(10)13)15-7-9-4-6-20-16-9/h1-6,8,15H,7H2. The van der Waals surface area contributed by atoms with Crippen LogP contribution in [0.3, 0.4) is 0 Å². The molecule has 1 aromatic carbocycles. The van der Waals surface area contributed by atoms with E-state index in [9.17, 15) is 10.1 Å². The van der Waals surface area contributed by atoms with Gasteiger partial charge in [0.1, 0.15) is 12.0 Å². The SMILES string of the molecule is O=[N+]([O-])c1ccc(NCc2ccon2)c2ccncc12. The zero-order valence-electron chi connectivity index (χ0n) is 10.3. The first kappa shape index (κ1) is 12.1. The van der Waals surface area contributed by atoms with Gasteiger partial charge in [-0.2, -0.15) is 0 Å². The molecule has 0 unspecified atom stereocenters. The number of anilines is 1. The molecule has 2 aromatic heterocycles. The summed E-state index contributed by atoms with van der Waals surface area (Å²) in [6.07, 6.45) is 4.59. The first-order chi connectivity index (χ1) is 9.75. The van der Waals surface area contributed by atoms with Crippen LogP contribution in [0.5, 0.6) is 0 Å². The summed E-state index contributed by atoms with van der Waals surface area (Å²) in [6, 6.07) is 6.64. The first-order valence-corrected chi connectivity index (χ1v) is 5.90. The van der Waals surface area contributed by atoms with E-state index in [4.69, 9.17) is 4.52 Å². The fraction of sp³-hybridized carbons (Fsp3) is 0.0769.